The number of carbonyl (C=O) groups is 2. The molecule has 1 N–H and O–H groups in total. The number of carbonyl (C=O) groups excluding carboxylic acids is 2. The van der Waals surface area contributed by atoms with Crippen LogP contribution in [0.15, 0.2) is 54.2 Å². The number of aromatic nitrogens is 4. The predicted octanol–water partition coefficient (Wildman–Crippen LogP) is 3.65. The molecule has 32 heavy (non-hydrogen) atoms. The summed E-state index contributed by atoms with van der Waals surface area (Å²) >= 11 is 1.42. The molecular weight excluding hydrogens is 424 g/mol. The molecule has 0 aliphatic carbocycles. The third kappa shape index (κ3) is 3.87. The van der Waals surface area contributed by atoms with Gasteiger partial charge in [-0.15, -0.1) is 11.3 Å². The van der Waals surface area contributed by atoms with E-state index in [2.05, 4.69) is 20.4 Å². The van der Waals surface area contributed by atoms with Crippen molar-refractivity contribution in [2.75, 3.05) is 18.4 Å². The maximum absolute atomic E-state index is 13.2. The Bertz CT molecular complexity index is 1270. The maximum Gasteiger partial charge on any atom is 0.259 e. The van der Waals surface area contributed by atoms with Gasteiger partial charge in [0.2, 0.25) is 5.91 Å². The van der Waals surface area contributed by atoms with Crippen molar-refractivity contribution in [2.45, 2.75) is 19.8 Å². The van der Waals surface area contributed by atoms with Crippen LogP contribution < -0.4 is 5.32 Å². The molecule has 4 heterocycles. The number of fused-ring (bicyclic) bond motifs is 1. The van der Waals surface area contributed by atoms with E-state index in [0.29, 0.717) is 42.3 Å². The molecule has 0 unspecified atom stereocenters. The first kappa shape index (κ1) is 20.3. The molecule has 1 aromatic carbocycles. The minimum Gasteiger partial charge on any atom is -0.338 e. The lowest BCUT2D eigenvalue weighted by atomic mass is 9.95. The SMILES string of the molecule is Cc1csc(NC(=O)C2CCN(C(=O)c3cnn4c(-c5ccccc5)ccnc34)CC2)n1. The Morgan fingerprint density at radius 1 is 1.12 bits per heavy atom. The zero-order valence-electron chi connectivity index (χ0n) is 17.6. The summed E-state index contributed by atoms with van der Waals surface area (Å²) < 4.78 is 1.71. The van der Waals surface area contributed by atoms with Gasteiger partial charge in [-0.25, -0.2) is 14.5 Å². The Morgan fingerprint density at radius 2 is 1.91 bits per heavy atom. The van der Waals surface area contributed by atoms with Crippen molar-refractivity contribution in [3.63, 3.8) is 0 Å². The number of benzene rings is 1. The third-order valence-electron chi connectivity index (χ3n) is 5.70. The molecule has 0 atom stereocenters. The van der Waals surface area contributed by atoms with E-state index in [0.717, 1.165) is 17.0 Å². The molecule has 1 aliphatic heterocycles. The van der Waals surface area contributed by atoms with E-state index in [1.54, 1.807) is 21.8 Å². The van der Waals surface area contributed by atoms with Crippen LogP contribution in [0.25, 0.3) is 16.9 Å². The average molecular weight is 447 g/mol. The summed E-state index contributed by atoms with van der Waals surface area (Å²) in [5.74, 6) is -0.265. The van der Waals surface area contributed by atoms with E-state index in [1.807, 2.05) is 48.7 Å². The minimum atomic E-state index is -0.130. The van der Waals surface area contributed by atoms with Crippen molar-refractivity contribution in [1.82, 2.24) is 24.5 Å². The van der Waals surface area contributed by atoms with Gasteiger partial charge in [-0.3, -0.25) is 9.59 Å². The van der Waals surface area contributed by atoms with Crippen LogP contribution in [0.4, 0.5) is 5.13 Å². The molecule has 162 valence electrons. The van der Waals surface area contributed by atoms with E-state index in [4.69, 9.17) is 0 Å². The van der Waals surface area contributed by atoms with Gasteiger partial charge in [-0.1, -0.05) is 30.3 Å². The number of aryl methyl sites for hydroxylation is 1. The van der Waals surface area contributed by atoms with Gasteiger partial charge in [0.05, 0.1) is 17.6 Å². The van der Waals surface area contributed by atoms with Crippen LogP contribution in [0.3, 0.4) is 0 Å². The van der Waals surface area contributed by atoms with Crippen LogP contribution >= 0.6 is 11.3 Å². The Balaban J connectivity index is 1.29. The standard InChI is InChI=1S/C23H22N6O2S/c1-15-14-32-23(26-15)27-21(30)17-8-11-28(12-9-17)22(31)18-13-25-29-19(7-10-24-20(18)29)16-5-3-2-4-6-16/h2-7,10,13-14,17H,8-9,11-12H2,1H3,(H,26,27,30). The molecule has 4 aromatic rings. The number of amides is 2. The zero-order valence-corrected chi connectivity index (χ0v) is 18.4. The van der Waals surface area contributed by atoms with E-state index >= 15 is 0 Å². The number of hydrogen-bond donors (Lipinski definition) is 1. The number of nitrogens with one attached hydrogen (secondary N) is 1. The summed E-state index contributed by atoms with van der Waals surface area (Å²) in [6.07, 6.45) is 4.52. The topological polar surface area (TPSA) is 92.5 Å². The summed E-state index contributed by atoms with van der Waals surface area (Å²) in [7, 11) is 0. The molecule has 1 fully saturated rings. The van der Waals surface area contributed by atoms with Crippen LogP contribution in [0.5, 0.6) is 0 Å². The van der Waals surface area contributed by atoms with Crippen molar-refractivity contribution in [3.8, 4) is 11.3 Å². The highest BCUT2D eigenvalue weighted by molar-refractivity contribution is 7.13. The van der Waals surface area contributed by atoms with Gasteiger partial charge in [0.25, 0.3) is 5.91 Å². The Kier molecular flexibility index (Phi) is 5.40. The van der Waals surface area contributed by atoms with Crippen molar-refractivity contribution < 1.29 is 9.59 Å². The lowest BCUT2D eigenvalue weighted by Crippen LogP contribution is -2.41. The molecule has 3 aromatic heterocycles. The number of thiazole rings is 1. The third-order valence-corrected chi connectivity index (χ3v) is 6.58. The first-order valence-electron chi connectivity index (χ1n) is 10.5. The highest BCUT2D eigenvalue weighted by Crippen LogP contribution is 2.25. The molecule has 2 amide bonds. The highest BCUT2D eigenvalue weighted by Gasteiger charge is 2.30. The lowest BCUT2D eigenvalue weighted by molar-refractivity contribution is -0.121. The minimum absolute atomic E-state index is 0.0309. The molecule has 5 rings (SSSR count). The number of likely N-dealkylation sites (tertiary alicyclic amines) is 1. The molecule has 0 bridgehead atoms. The quantitative estimate of drug-likeness (QED) is 0.517. The van der Waals surface area contributed by atoms with Gasteiger partial charge in [0.15, 0.2) is 10.8 Å². The van der Waals surface area contributed by atoms with Crippen molar-refractivity contribution in [1.29, 1.82) is 0 Å². The van der Waals surface area contributed by atoms with Crippen molar-refractivity contribution in [2.24, 2.45) is 5.92 Å². The molecule has 0 spiro atoms. The zero-order chi connectivity index (χ0) is 22.1. The lowest BCUT2D eigenvalue weighted by Gasteiger charge is -2.30. The predicted molar refractivity (Wildman–Crippen MR) is 123 cm³/mol. The molecule has 0 saturated carbocycles. The first-order chi connectivity index (χ1) is 15.6. The number of rotatable bonds is 4. The van der Waals surface area contributed by atoms with Crippen LogP contribution in [0, 0.1) is 12.8 Å². The normalized spacial score (nSPS) is 14.6. The fourth-order valence-electron chi connectivity index (χ4n) is 4.00. The fraction of sp³-hybridized carbons (Fsp3) is 0.261. The average Bonchev–Trinajstić information content (AvgIpc) is 3.45. The van der Waals surface area contributed by atoms with E-state index in [-0.39, 0.29) is 17.7 Å². The second-order valence-electron chi connectivity index (χ2n) is 7.84. The van der Waals surface area contributed by atoms with Crippen LogP contribution in [0.1, 0.15) is 28.9 Å². The summed E-state index contributed by atoms with van der Waals surface area (Å²) in [6, 6.07) is 11.8. The van der Waals surface area contributed by atoms with Gasteiger partial charge in [0.1, 0.15) is 5.56 Å². The van der Waals surface area contributed by atoms with Gasteiger partial charge < -0.3 is 10.2 Å². The molecule has 9 heteroatoms. The van der Waals surface area contributed by atoms with Crippen molar-refractivity contribution >= 4 is 33.9 Å². The van der Waals surface area contributed by atoms with Crippen LogP contribution in [-0.4, -0.2) is 49.4 Å². The molecular formula is C23H22N6O2S. The molecule has 1 saturated heterocycles. The Morgan fingerprint density at radius 3 is 2.62 bits per heavy atom. The van der Waals surface area contributed by atoms with E-state index in [9.17, 15) is 9.59 Å². The second-order valence-corrected chi connectivity index (χ2v) is 8.70. The van der Waals surface area contributed by atoms with Gasteiger partial charge in [0, 0.05) is 36.1 Å². The Labute approximate surface area is 188 Å². The monoisotopic (exact) mass is 446 g/mol. The molecule has 8 nitrogen and oxygen atoms in total. The maximum atomic E-state index is 13.2. The summed E-state index contributed by atoms with van der Waals surface area (Å²) in [5.41, 5.74) is 3.79. The summed E-state index contributed by atoms with van der Waals surface area (Å²) in [5, 5.41) is 9.86. The fourth-order valence-corrected chi connectivity index (χ4v) is 4.69. The van der Waals surface area contributed by atoms with Crippen LogP contribution in [0.2, 0.25) is 0 Å². The van der Waals surface area contributed by atoms with Gasteiger partial charge in [-0.2, -0.15) is 5.10 Å². The number of nitrogens with zero attached hydrogens (tertiary/aromatic N) is 5. The Hall–Kier alpha value is -3.59. The van der Waals surface area contributed by atoms with Crippen LogP contribution in [-0.2, 0) is 4.79 Å². The van der Waals surface area contributed by atoms with Crippen molar-refractivity contribution in [3.05, 3.63) is 65.4 Å². The molecule has 0 radical (unpaired) electrons. The summed E-state index contributed by atoms with van der Waals surface area (Å²) in [4.78, 5) is 36.3. The van der Waals surface area contributed by atoms with E-state index in [1.165, 1.54) is 11.3 Å². The largest absolute Gasteiger partial charge is 0.338 e. The number of anilines is 1. The number of piperidine rings is 1. The van der Waals surface area contributed by atoms with Gasteiger partial charge >= 0.3 is 0 Å². The first-order valence-corrected chi connectivity index (χ1v) is 11.4. The van der Waals surface area contributed by atoms with E-state index < -0.39 is 0 Å². The number of hydrogen-bond acceptors (Lipinski definition) is 6. The molecule has 1 aliphatic rings. The summed E-state index contributed by atoms with van der Waals surface area (Å²) in [6.45, 7) is 2.93. The second kappa shape index (κ2) is 8.51. The smallest absolute Gasteiger partial charge is 0.259 e. The van der Waals surface area contributed by atoms with Gasteiger partial charge in [-0.05, 0) is 25.8 Å². The highest BCUT2D eigenvalue weighted by atomic mass is 32.1.